The number of carbonyl (C=O) groups is 2. The van der Waals surface area contributed by atoms with Gasteiger partial charge in [-0.3, -0.25) is 9.69 Å². The SMILES string of the molecule is C[C@@H](O)[C@H](N)C(=O)N(C)C(N)=O. The van der Waals surface area contributed by atoms with Crippen LogP contribution in [0.2, 0.25) is 0 Å². The second-order valence-corrected chi connectivity index (χ2v) is 2.50. The molecule has 12 heavy (non-hydrogen) atoms. The number of aliphatic hydroxyl groups excluding tert-OH is 1. The number of urea groups is 1. The van der Waals surface area contributed by atoms with E-state index in [4.69, 9.17) is 16.6 Å². The molecule has 0 heterocycles. The fourth-order valence-electron chi connectivity index (χ4n) is 0.539. The predicted octanol–water partition coefficient (Wildman–Crippen LogP) is -1.77. The van der Waals surface area contributed by atoms with Gasteiger partial charge in [0.2, 0.25) is 5.91 Å². The summed E-state index contributed by atoms with van der Waals surface area (Å²) in [6.45, 7) is 1.36. The van der Waals surface area contributed by atoms with Crippen molar-refractivity contribution in [1.29, 1.82) is 0 Å². The lowest BCUT2D eigenvalue weighted by Crippen LogP contribution is -2.51. The van der Waals surface area contributed by atoms with Crippen molar-refractivity contribution >= 4 is 11.9 Å². The molecule has 0 spiro atoms. The number of carbonyl (C=O) groups excluding carboxylic acids is 2. The number of aliphatic hydroxyl groups is 1. The Balaban J connectivity index is 4.29. The highest BCUT2D eigenvalue weighted by Gasteiger charge is 2.24. The van der Waals surface area contributed by atoms with Crippen LogP contribution < -0.4 is 11.5 Å². The third-order valence-corrected chi connectivity index (χ3v) is 1.47. The molecule has 0 saturated heterocycles. The summed E-state index contributed by atoms with van der Waals surface area (Å²) in [7, 11) is 1.20. The van der Waals surface area contributed by atoms with Gasteiger partial charge in [0.15, 0.2) is 0 Å². The van der Waals surface area contributed by atoms with E-state index < -0.39 is 24.1 Å². The fraction of sp³-hybridized carbons (Fsp3) is 0.667. The number of imide groups is 1. The first-order valence-electron chi connectivity index (χ1n) is 3.38. The molecule has 0 saturated carbocycles. The number of hydrogen-bond donors (Lipinski definition) is 3. The molecule has 70 valence electrons. The van der Waals surface area contributed by atoms with Gasteiger partial charge in [-0.1, -0.05) is 0 Å². The Labute approximate surface area is 70.1 Å². The largest absolute Gasteiger partial charge is 0.391 e. The summed E-state index contributed by atoms with van der Waals surface area (Å²) in [5.41, 5.74) is 10.1. The molecule has 0 fully saturated rings. The molecule has 5 N–H and O–H groups in total. The lowest BCUT2D eigenvalue weighted by molar-refractivity contribution is -0.130. The highest BCUT2D eigenvalue weighted by Crippen LogP contribution is 1.94. The normalized spacial score (nSPS) is 15.0. The van der Waals surface area contributed by atoms with Crippen molar-refractivity contribution < 1.29 is 14.7 Å². The van der Waals surface area contributed by atoms with Gasteiger partial charge in [0.25, 0.3) is 0 Å². The van der Waals surface area contributed by atoms with Crippen LogP contribution in [-0.4, -0.2) is 41.1 Å². The first-order valence-corrected chi connectivity index (χ1v) is 3.38. The average Bonchev–Trinajstić information content (AvgIpc) is 2.00. The summed E-state index contributed by atoms with van der Waals surface area (Å²) in [5, 5.41) is 8.90. The van der Waals surface area contributed by atoms with Crippen LogP contribution in [-0.2, 0) is 4.79 Å². The molecule has 6 heteroatoms. The molecular weight excluding hydrogens is 162 g/mol. The number of nitrogens with two attached hydrogens (primary N) is 2. The average molecular weight is 175 g/mol. The van der Waals surface area contributed by atoms with E-state index in [9.17, 15) is 9.59 Å². The Morgan fingerprint density at radius 2 is 1.92 bits per heavy atom. The van der Waals surface area contributed by atoms with E-state index in [1.165, 1.54) is 14.0 Å². The van der Waals surface area contributed by atoms with E-state index >= 15 is 0 Å². The predicted molar refractivity (Wildman–Crippen MR) is 42.0 cm³/mol. The molecule has 0 aromatic heterocycles. The number of rotatable bonds is 2. The maximum Gasteiger partial charge on any atom is 0.321 e. The fourth-order valence-corrected chi connectivity index (χ4v) is 0.539. The van der Waals surface area contributed by atoms with Crippen molar-refractivity contribution in [3.63, 3.8) is 0 Å². The maximum atomic E-state index is 11.1. The van der Waals surface area contributed by atoms with Crippen LogP contribution in [0.15, 0.2) is 0 Å². The molecule has 0 aliphatic heterocycles. The molecule has 3 amide bonds. The zero-order valence-electron chi connectivity index (χ0n) is 7.02. The van der Waals surface area contributed by atoms with Crippen molar-refractivity contribution in [2.75, 3.05) is 7.05 Å². The van der Waals surface area contributed by atoms with Crippen molar-refractivity contribution in [3.05, 3.63) is 0 Å². The molecule has 0 unspecified atom stereocenters. The van der Waals surface area contributed by atoms with E-state index in [1.807, 2.05) is 0 Å². The van der Waals surface area contributed by atoms with Crippen LogP contribution in [0.1, 0.15) is 6.92 Å². The van der Waals surface area contributed by atoms with Gasteiger partial charge >= 0.3 is 6.03 Å². The first kappa shape index (κ1) is 10.9. The second kappa shape index (κ2) is 4.03. The summed E-state index contributed by atoms with van der Waals surface area (Å²) in [6, 6.07) is -2.00. The van der Waals surface area contributed by atoms with Crippen LogP contribution in [0.4, 0.5) is 4.79 Å². The van der Waals surface area contributed by atoms with Crippen molar-refractivity contribution in [2.45, 2.75) is 19.1 Å². The minimum Gasteiger partial charge on any atom is -0.391 e. The number of likely N-dealkylation sites (N-methyl/N-ethyl adjacent to an activating group) is 1. The van der Waals surface area contributed by atoms with E-state index in [0.717, 1.165) is 0 Å². The van der Waals surface area contributed by atoms with Crippen molar-refractivity contribution in [1.82, 2.24) is 4.90 Å². The number of primary amides is 1. The number of nitrogens with zero attached hydrogens (tertiary/aromatic N) is 1. The molecule has 0 aromatic rings. The first-order chi connectivity index (χ1) is 5.37. The van der Waals surface area contributed by atoms with Crippen LogP contribution >= 0.6 is 0 Å². The van der Waals surface area contributed by atoms with E-state index in [-0.39, 0.29) is 0 Å². The van der Waals surface area contributed by atoms with Gasteiger partial charge in [-0.2, -0.15) is 0 Å². The smallest absolute Gasteiger partial charge is 0.321 e. The van der Waals surface area contributed by atoms with E-state index in [2.05, 4.69) is 0 Å². The van der Waals surface area contributed by atoms with E-state index in [1.54, 1.807) is 0 Å². The molecule has 0 radical (unpaired) electrons. The van der Waals surface area contributed by atoms with Gasteiger partial charge < -0.3 is 16.6 Å². The Hall–Kier alpha value is -1.14. The Morgan fingerprint density at radius 1 is 1.50 bits per heavy atom. The minimum atomic E-state index is -1.11. The van der Waals surface area contributed by atoms with Gasteiger partial charge in [0.05, 0.1) is 6.10 Å². The quantitative estimate of drug-likeness (QED) is 0.461. The number of amides is 3. The lowest BCUT2D eigenvalue weighted by Gasteiger charge is -2.19. The van der Waals surface area contributed by atoms with Crippen LogP contribution in [0.3, 0.4) is 0 Å². The van der Waals surface area contributed by atoms with Crippen LogP contribution in [0, 0.1) is 0 Å². The molecule has 6 nitrogen and oxygen atoms in total. The molecule has 0 bridgehead atoms. The summed E-state index contributed by atoms with van der Waals surface area (Å²) >= 11 is 0. The zero-order valence-corrected chi connectivity index (χ0v) is 7.02. The van der Waals surface area contributed by atoms with Gasteiger partial charge in [0, 0.05) is 7.05 Å². The third kappa shape index (κ3) is 2.48. The summed E-state index contributed by atoms with van der Waals surface area (Å²) in [6.07, 6.45) is -1.00. The van der Waals surface area contributed by atoms with E-state index in [0.29, 0.717) is 4.90 Å². The summed E-state index contributed by atoms with van der Waals surface area (Å²) < 4.78 is 0. The number of hydrogen-bond acceptors (Lipinski definition) is 4. The van der Waals surface area contributed by atoms with Gasteiger partial charge in [-0.05, 0) is 6.92 Å². The zero-order chi connectivity index (χ0) is 9.89. The van der Waals surface area contributed by atoms with Crippen molar-refractivity contribution in [2.24, 2.45) is 11.5 Å². The summed E-state index contributed by atoms with van der Waals surface area (Å²) in [5.74, 6) is -0.697. The highest BCUT2D eigenvalue weighted by atomic mass is 16.3. The Kier molecular flexibility index (Phi) is 3.65. The molecule has 2 atom stereocenters. The topological polar surface area (TPSA) is 110 Å². The van der Waals surface area contributed by atoms with Gasteiger partial charge in [-0.15, -0.1) is 0 Å². The summed E-state index contributed by atoms with van der Waals surface area (Å²) in [4.78, 5) is 22.2. The molecule has 0 aliphatic carbocycles. The van der Waals surface area contributed by atoms with Crippen LogP contribution in [0.25, 0.3) is 0 Å². The molecular formula is C6H13N3O3. The van der Waals surface area contributed by atoms with Crippen LogP contribution in [0.5, 0.6) is 0 Å². The Bertz CT molecular complexity index is 192. The van der Waals surface area contributed by atoms with Gasteiger partial charge in [-0.25, -0.2) is 4.79 Å². The maximum absolute atomic E-state index is 11.1. The third-order valence-electron chi connectivity index (χ3n) is 1.47. The monoisotopic (exact) mass is 175 g/mol. The standard InChI is InChI=1S/C6H13N3O3/c1-3(10)4(7)5(11)9(2)6(8)12/h3-4,10H,7H2,1-2H3,(H2,8,12)/t3-,4+/m1/s1. The van der Waals surface area contributed by atoms with Gasteiger partial charge in [0.1, 0.15) is 6.04 Å². The second-order valence-electron chi connectivity index (χ2n) is 2.50. The Morgan fingerprint density at radius 3 is 2.17 bits per heavy atom. The highest BCUT2D eigenvalue weighted by molar-refractivity contribution is 5.96. The minimum absolute atomic E-state index is 0.664. The molecule has 0 aromatic carbocycles. The molecule has 0 rings (SSSR count). The van der Waals surface area contributed by atoms with Crippen molar-refractivity contribution in [3.8, 4) is 0 Å². The lowest BCUT2D eigenvalue weighted by atomic mass is 10.2. The molecule has 0 aliphatic rings.